The van der Waals surface area contributed by atoms with Crippen LogP contribution in [0.5, 0.6) is 17.2 Å². The van der Waals surface area contributed by atoms with Crippen LogP contribution in [0, 0.1) is 72.9 Å². The number of hydrogen-bond acceptors (Lipinski definition) is 8. The first-order chi connectivity index (χ1) is 49.9. The Labute approximate surface area is 626 Å². The number of nitrogens with one attached hydrogen (secondary N) is 1. The first kappa shape index (κ1) is 76.1. The lowest BCUT2D eigenvalue weighted by Crippen LogP contribution is -2.46. The predicted octanol–water partition coefficient (Wildman–Crippen LogP) is 20.9. The minimum Gasteiger partial charge on any atom is -0.496 e. The van der Waals surface area contributed by atoms with Crippen molar-refractivity contribution < 1.29 is 32.2 Å². The summed E-state index contributed by atoms with van der Waals surface area (Å²) in [5, 5.41) is 3.68. The Morgan fingerprint density at radius 3 is 1.76 bits per heavy atom. The van der Waals surface area contributed by atoms with Crippen molar-refractivity contribution in [2.75, 3.05) is 93.8 Å². The summed E-state index contributed by atoms with van der Waals surface area (Å²) in [7, 11) is 6.49. The lowest BCUT2D eigenvalue weighted by Gasteiger charge is -2.43. The van der Waals surface area contributed by atoms with Gasteiger partial charge in [-0.05, 0) is 322 Å². The van der Waals surface area contributed by atoms with Crippen molar-refractivity contribution in [3.63, 3.8) is 0 Å². The van der Waals surface area contributed by atoms with Gasteiger partial charge in [-0.3, -0.25) is 4.79 Å². The average Bonchev–Trinajstić information content (AvgIpc) is 1.70. The number of allylic oxidation sites excluding steroid dienone is 2. The fraction of sp³-hybridized carbons (Fsp3) is 0.629. The van der Waals surface area contributed by atoms with Gasteiger partial charge in [0.25, 0.3) is 5.91 Å². The molecule has 560 valence electrons. The van der Waals surface area contributed by atoms with Crippen LogP contribution in [0.2, 0.25) is 10.0 Å². The number of likely N-dealkylation sites (tertiary alicyclic amines) is 4. The van der Waals surface area contributed by atoms with Gasteiger partial charge in [0, 0.05) is 74.5 Å². The maximum atomic E-state index is 15.6. The molecule has 4 heterocycles. The van der Waals surface area contributed by atoms with Gasteiger partial charge < -0.3 is 39.1 Å². The number of piperidine rings is 4. The molecule has 16 rings (SSSR count). The number of carbonyl (C=O) groups is 1. The van der Waals surface area contributed by atoms with Crippen molar-refractivity contribution >= 4 is 29.1 Å². The topological polar surface area (TPSA) is 69.7 Å². The number of hydrogen-bond donors (Lipinski definition) is 1. The fourth-order valence-electron chi connectivity index (χ4n) is 21.6. The zero-order valence-corrected chi connectivity index (χ0v) is 64.7. The Morgan fingerprint density at radius 1 is 0.553 bits per heavy atom. The van der Waals surface area contributed by atoms with Crippen molar-refractivity contribution in [3.8, 4) is 28.4 Å². The van der Waals surface area contributed by atoms with Gasteiger partial charge in [-0.15, -0.1) is 0 Å². The highest BCUT2D eigenvalue weighted by Crippen LogP contribution is 2.52. The van der Waals surface area contributed by atoms with Crippen LogP contribution >= 0.6 is 23.2 Å². The Kier molecular flexibility index (Phi) is 25.5. The monoisotopic (exact) mass is 1450 g/mol. The highest BCUT2D eigenvalue weighted by molar-refractivity contribution is 6.34. The van der Waals surface area contributed by atoms with Gasteiger partial charge in [0.1, 0.15) is 34.4 Å². The number of aryl methyl sites for hydroxylation is 2. The molecule has 6 saturated carbocycles. The van der Waals surface area contributed by atoms with E-state index < -0.39 is 17.2 Å². The highest BCUT2D eigenvalue weighted by atomic mass is 35.5. The summed E-state index contributed by atoms with van der Waals surface area (Å²) in [4.78, 5) is 22.5. The third kappa shape index (κ3) is 18.1. The Hall–Kier alpha value is -5.08. The molecule has 103 heavy (non-hydrogen) atoms. The smallest absolute Gasteiger partial charge is 0.252 e. The standard InChI is InChI=1S/C27H33ClN2O2.C21H31F2NO.C21H29N.C20H27ClFNO/c1-29-27(31)22-7-5-20(16-24(22)28)19-6-8-26(32-2)23(15-19)18-9-11-30(12-10-18)25-14-17-3-4-21(25)13-17;1-3-4-16-5-8-18(9-6-16)24-13-11-21(23,12-14-24)19-15-17(22)7-10-20(19)25-2;1-15-3-4-16(2)21(11-15)18-7-9-22(10-8-18)14-20-13-17-5-6-19(20)12-17;1-24-19-5-4-17(21)12-18(19)20(22)6-8-23(9-7-20)13-16-11-14-2-3-15(16)10-14/h5-8,15-18,21,25H,3-4,9-14H2,1-2H3,(H,29,31);7,10,15-16,18H,3-6,8-9,11-14H2,1-2H3;3-6,11,17-20H,7-10,12-14H2,1-2H3;4-5,12,14-16H,2-3,6-11,13H2,1H3. The van der Waals surface area contributed by atoms with Crippen LogP contribution < -0.4 is 19.5 Å². The van der Waals surface area contributed by atoms with Crippen molar-refractivity contribution in [1.82, 2.24) is 24.9 Å². The zero-order valence-electron chi connectivity index (χ0n) is 63.2. The number of methoxy groups -OCH3 is 3. The molecular weight excluding hydrogens is 1330 g/mol. The van der Waals surface area contributed by atoms with Crippen LogP contribution in [0.3, 0.4) is 0 Å². The molecule has 10 fully saturated rings. The molecule has 6 bridgehead atoms. The molecular formula is C89H120Cl2F3N5O4. The number of fused-ring (bicyclic) bond motifs is 6. The molecule has 1 N–H and O–H groups in total. The number of alkyl halides is 2. The van der Waals surface area contributed by atoms with Crippen LogP contribution in [-0.2, 0) is 11.3 Å². The van der Waals surface area contributed by atoms with E-state index in [2.05, 4.69) is 94.2 Å². The number of nitrogens with zero attached hydrogens (tertiary/aromatic N) is 4. The maximum Gasteiger partial charge on any atom is 0.252 e. The lowest BCUT2D eigenvalue weighted by atomic mass is 9.80. The predicted molar refractivity (Wildman–Crippen MR) is 415 cm³/mol. The molecule has 5 aromatic rings. The molecule has 5 aromatic carbocycles. The van der Waals surface area contributed by atoms with Crippen LogP contribution in [0.4, 0.5) is 13.2 Å². The molecule has 7 aliphatic carbocycles. The normalized spacial score (nSPS) is 29.0. The van der Waals surface area contributed by atoms with Gasteiger partial charge in [-0.2, -0.15) is 0 Å². The van der Waals surface area contributed by atoms with Gasteiger partial charge in [-0.25, -0.2) is 13.2 Å². The SMILES string of the molecule is CCCC1CCC(N2CCC(F)(c3cc(F)ccc3OC)CC2)CC1.CNC(=O)c1ccc(-c2ccc(OC)c(C3CCN(C4CC5CCC4C5)CC3)c2)cc1Cl.COc1ccc(Cl)cc1C1(F)CCN(CC2CC3CCC2C3)CC1.Cc1ccc(C)c(C2CCN(CC3CC4C=CC3C4)CC2)c1. The summed E-state index contributed by atoms with van der Waals surface area (Å²) < 4.78 is 61.2. The quantitative estimate of drug-likeness (QED) is 0.0924. The number of amides is 1. The van der Waals surface area contributed by atoms with E-state index in [4.69, 9.17) is 37.4 Å². The summed E-state index contributed by atoms with van der Waals surface area (Å²) in [6.07, 6.45) is 34.1. The second kappa shape index (κ2) is 34.4. The number of halogens is 5. The number of rotatable bonds is 17. The van der Waals surface area contributed by atoms with Crippen LogP contribution in [0.25, 0.3) is 11.1 Å². The molecule has 9 atom stereocenters. The minimum atomic E-state index is -1.48. The largest absolute Gasteiger partial charge is 0.496 e. The summed E-state index contributed by atoms with van der Waals surface area (Å²) >= 11 is 12.5. The van der Waals surface area contributed by atoms with E-state index in [0.29, 0.717) is 75.9 Å². The van der Waals surface area contributed by atoms with Crippen molar-refractivity contribution in [1.29, 1.82) is 0 Å². The number of benzene rings is 5. The van der Waals surface area contributed by atoms with Gasteiger partial charge >= 0.3 is 0 Å². The average molecular weight is 1450 g/mol. The molecule has 11 aliphatic rings. The van der Waals surface area contributed by atoms with E-state index in [9.17, 15) is 9.18 Å². The first-order valence-electron chi connectivity index (χ1n) is 40.3. The molecule has 9 unspecified atom stereocenters. The molecule has 0 spiro atoms. The summed E-state index contributed by atoms with van der Waals surface area (Å²) in [5.41, 5.74) is 6.64. The third-order valence-corrected chi connectivity index (χ3v) is 28.0. The Bertz CT molecular complexity index is 3660. The number of carbonyl (C=O) groups excluding carboxylic acids is 1. The van der Waals surface area contributed by atoms with E-state index >= 15 is 8.78 Å². The van der Waals surface area contributed by atoms with Gasteiger partial charge in [0.15, 0.2) is 0 Å². The second-order valence-corrected chi connectivity index (χ2v) is 34.5. The van der Waals surface area contributed by atoms with Gasteiger partial charge in [0.05, 0.1) is 31.9 Å². The molecule has 0 aromatic heterocycles. The second-order valence-electron chi connectivity index (χ2n) is 33.6. The molecule has 1 amide bonds. The first-order valence-corrected chi connectivity index (χ1v) is 41.1. The fourth-order valence-corrected chi connectivity index (χ4v) is 22.0. The summed E-state index contributed by atoms with van der Waals surface area (Å²) in [6.45, 7) is 17.4. The highest BCUT2D eigenvalue weighted by Gasteiger charge is 2.46. The molecule has 14 heteroatoms. The summed E-state index contributed by atoms with van der Waals surface area (Å²) in [5.74, 6) is 11.2. The van der Waals surface area contributed by atoms with E-state index in [-0.39, 0.29) is 5.91 Å². The van der Waals surface area contributed by atoms with Crippen LogP contribution in [-0.4, -0.2) is 131 Å². The summed E-state index contributed by atoms with van der Waals surface area (Å²) in [6, 6.07) is 30.0. The molecule has 0 radical (unpaired) electrons. The Morgan fingerprint density at radius 2 is 1.16 bits per heavy atom. The zero-order chi connectivity index (χ0) is 71.9. The van der Waals surface area contributed by atoms with E-state index in [1.54, 1.807) is 51.1 Å². The maximum absolute atomic E-state index is 15.6. The molecule has 4 saturated heterocycles. The molecule has 4 aliphatic heterocycles. The van der Waals surface area contributed by atoms with E-state index in [1.807, 2.05) is 12.1 Å². The molecule has 9 nitrogen and oxygen atoms in total. The van der Waals surface area contributed by atoms with Crippen molar-refractivity contribution in [3.05, 3.63) is 158 Å². The van der Waals surface area contributed by atoms with E-state index in [0.717, 1.165) is 108 Å². The third-order valence-electron chi connectivity index (χ3n) is 27.4. The van der Waals surface area contributed by atoms with Gasteiger partial charge in [0.2, 0.25) is 0 Å². The van der Waals surface area contributed by atoms with E-state index in [1.165, 1.54) is 210 Å². The Balaban J connectivity index is 0.000000124. The van der Waals surface area contributed by atoms with Crippen molar-refractivity contribution in [2.45, 2.75) is 210 Å². The van der Waals surface area contributed by atoms with Crippen molar-refractivity contribution in [2.24, 2.45) is 53.3 Å². The number of ether oxygens (including phenoxy) is 3. The van der Waals surface area contributed by atoms with Crippen LogP contribution in [0.15, 0.2) is 103 Å². The minimum absolute atomic E-state index is 0.167. The van der Waals surface area contributed by atoms with Crippen LogP contribution in [0.1, 0.15) is 217 Å². The lowest BCUT2D eigenvalue weighted by molar-refractivity contribution is 0.0210. The van der Waals surface area contributed by atoms with Gasteiger partial charge in [-0.1, -0.05) is 104 Å².